The molecule has 0 saturated carbocycles. The number of ether oxygens (including phenoxy) is 1. The zero-order chi connectivity index (χ0) is 13.3. The predicted octanol–water partition coefficient (Wildman–Crippen LogP) is 0.603. The Morgan fingerprint density at radius 2 is 2.39 bits per heavy atom. The maximum atomic E-state index is 12.0. The van der Waals surface area contributed by atoms with Crippen LogP contribution in [0, 0.1) is 6.92 Å². The predicted molar refractivity (Wildman–Crippen MR) is 67.5 cm³/mol. The molecule has 2 atom stereocenters. The first-order valence-corrected chi connectivity index (χ1v) is 6.18. The van der Waals surface area contributed by atoms with Gasteiger partial charge in [0.2, 0.25) is 0 Å². The molecular weight excluding hydrogens is 232 g/mol. The van der Waals surface area contributed by atoms with Crippen LogP contribution in [0.2, 0.25) is 0 Å². The molecule has 2 rings (SSSR count). The first-order valence-electron chi connectivity index (χ1n) is 6.18. The SMILES string of the molecule is Cc1ccc(C(=O)NCC2(O)CCOC2C)n1C. The molecule has 0 spiro atoms. The van der Waals surface area contributed by atoms with Crippen molar-refractivity contribution in [3.63, 3.8) is 0 Å². The van der Waals surface area contributed by atoms with Crippen LogP contribution < -0.4 is 5.32 Å². The van der Waals surface area contributed by atoms with E-state index in [1.165, 1.54) is 0 Å². The standard InChI is InChI=1S/C13H20N2O3/c1-9-4-5-11(15(9)3)12(16)14-8-13(17)6-7-18-10(13)2/h4-5,10,17H,6-8H2,1-3H3,(H,14,16). The van der Waals surface area contributed by atoms with Gasteiger partial charge in [0.25, 0.3) is 5.91 Å². The number of hydrogen-bond acceptors (Lipinski definition) is 3. The van der Waals surface area contributed by atoms with Crippen LogP contribution in [0.15, 0.2) is 12.1 Å². The van der Waals surface area contributed by atoms with E-state index in [0.717, 1.165) is 5.69 Å². The van der Waals surface area contributed by atoms with E-state index < -0.39 is 5.60 Å². The molecule has 1 aromatic heterocycles. The van der Waals surface area contributed by atoms with Crippen LogP contribution in [0.3, 0.4) is 0 Å². The Balaban J connectivity index is 1.99. The minimum Gasteiger partial charge on any atom is -0.385 e. The Morgan fingerprint density at radius 3 is 2.89 bits per heavy atom. The topological polar surface area (TPSA) is 63.5 Å². The van der Waals surface area contributed by atoms with E-state index in [1.54, 1.807) is 6.07 Å². The summed E-state index contributed by atoms with van der Waals surface area (Å²) in [5, 5.41) is 13.1. The molecule has 1 amide bonds. The van der Waals surface area contributed by atoms with E-state index in [2.05, 4.69) is 5.32 Å². The second-order valence-corrected chi connectivity index (χ2v) is 4.97. The summed E-state index contributed by atoms with van der Waals surface area (Å²) in [5.41, 5.74) is 0.676. The van der Waals surface area contributed by atoms with Crippen LogP contribution in [-0.2, 0) is 11.8 Å². The van der Waals surface area contributed by atoms with Crippen LogP contribution in [0.1, 0.15) is 29.5 Å². The van der Waals surface area contributed by atoms with Crippen LogP contribution >= 0.6 is 0 Å². The van der Waals surface area contributed by atoms with Gasteiger partial charge in [-0.25, -0.2) is 0 Å². The van der Waals surface area contributed by atoms with Crippen molar-refractivity contribution in [3.8, 4) is 0 Å². The van der Waals surface area contributed by atoms with Crippen LogP contribution in [-0.4, -0.2) is 40.4 Å². The zero-order valence-electron chi connectivity index (χ0n) is 11.1. The Morgan fingerprint density at radius 1 is 1.67 bits per heavy atom. The summed E-state index contributed by atoms with van der Waals surface area (Å²) in [7, 11) is 1.85. The summed E-state index contributed by atoms with van der Waals surface area (Å²) in [6.45, 7) is 4.52. The molecule has 2 N–H and O–H groups in total. The van der Waals surface area contributed by atoms with E-state index in [-0.39, 0.29) is 18.6 Å². The van der Waals surface area contributed by atoms with Gasteiger partial charge >= 0.3 is 0 Å². The molecular formula is C13H20N2O3. The van der Waals surface area contributed by atoms with Crippen molar-refractivity contribution in [3.05, 3.63) is 23.5 Å². The number of carbonyl (C=O) groups excluding carboxylic acids is 1. The highest BCUT2D eigenvalue weighted by molar-refractivity contribution is 5.92. The normalized spacial score (nSPS) is 27.4. The third-order valence-electron chi connectivity index (χ3n) is 3.82. The Kier molecular flexibility index (Phi) is 3.45. The van der Waals surface area contributed by atoms with Crippen molar-refractivity contribution < 1.29 is 14.6 Å². The number of nitrogens with one attached hydrogen (secondary N) is 1. The van der Waals surface area contributed by atoms with Crippen molar-refractivity contribution in [2.24, 2.45) is 7.05 Å². The number of hydrogen-bond donors (Lipinski definition) is 2. The Labute approximate surface area is 107 Å². The van der Waals surface area contributed by atoms with Gasteiger partial charge in [0.05, 0.1) is 6.10 Å². The molecule has 1 aliphatic heterocycles. The second-order valence-electron chi connectivity index (χ2n) is 4.97. The summed E-state index contributed by atoms with van der Waals surface area (Å²) >= 11 is 0. The average Bonchev–Trinajstić information content (AvgIpc) is 2.83. The van der Waals surface area contributed by atoms with Crippen LogP contribution in [0.5, 0.6) is 0 Å². The third kappa shape index (κ3) is 2.28. The van der Waals surface area contributed by atoms with E-state index in [4.69, 9.17) is 4.74 Å². The quantitative estimate of drug-likeness (QED) is 0.828. The van der Waals surface area contributed by atoms with Crippen molar-refractivity contribution in [2.45, 2.75) is 32.0 Å². The minimum absolute atomic E-state index is 0.168. The fourth-order valence-corrected chi connectivity index (χ4v) is 2.17. The Hall–Kier alpha value is -1.33. The molecule has 1 aliphatic rings. The van der Waals surface area contributed by atoms with E-state index >= 15 is 0 Å². The molecule has 5 nitrogen and oxygen atoms in total. The minimum atomic E-state index is -0.949. The highest BCUT2D eigenvalue weighted by Crippen LogP contribution is 2.24. The van der Waals surface area contributed by atoms with Crippen molar-refractivity contribution in [1.29, 1.82) is 0 Å². The lowest BCUT2D eigenvalue weighted by Crippen LogP contribution is -2.47. The molecule has 0 aromatic carbocycles. The molecule has 0 radical (unpaired) electrons. The van der Waals surface area contributed by atoms with Gasteiger partial charge in [-0.05, 0) is 26.0 Å². The summed E-state index contributed by atoms with van der Waals surface area (Å²) in [5.74, 6) is -0.168. The van der Waals surface area contributed by atoms with Gasteiger partial charge < -0.3 is 19.7 Å². The summed E-state index contributed by atoms with van der Waals surface area (Å²) < 4.78 is 7.16. The molecule has 2 unspecified atom stereocenters. The number of nitrogens with zero attached hydrogens (tertiary/aromatic N) is 1. The molecule has 100 valence electrons. The van der Waals surface area contributed by atoms with Crippen molar-refractivity contribution >= 4 is 5.91 Å². The third-order valence-corrected chi connectivity index (χ3v) is 3.82. The van der Waals surface area contributed by atoms with E-state index in [9.17, 15) is 9.90 Å². The van der Waals surface area contributed by atoms with Gasteiger partial charge in [-0.15, -0.1) is 0 Å². The van der Waals surface area contributed by atoms with Crippen LogP contribution in [0.4, 0.5) is 0 Å². The molecule has 1 aromatic rings. The average molecular weight is 252 g/mol. The Bertz CT molecular complexity index is 455. The van der Waals surface area contributed by atoms with Gasteiger partial charge in [0.1, 0.15) is 11.3 Å². The molecule has 0 bridgehead atoms. The molecule has 2 heterocycles. The van der Waals surface area contributed by atoms with Gasteiger partial charge in [-0.1, -0.05) is 0 Å². The van der Waals surface area contributed by atoms with E-state index in [0.29, 0.717) is 18.7 Å². The fraction of sp³-hybridized carbons (Fsp3) is 0.615. The molecule has 1 fully saturated rings. The first-order chi connectivity index (χ1) is 8.44. The van der Waals surface area contributed by atoms with Crippen LogP contribution in [0.25, 0.3) is 0 Å². The number of aryl methyl sites for hydroxylation is 1. The molecule has 18 heavy (non-hydrogen) atoms. The van der Waals surface area contributed by atoms with Gasteiger partial charge in [0.15, 0.2) is 0 Å². The summed E-state index contributed by atoms with van der Waals surface area (Å²) in [6, 6.07) is 3.67. The lowest BCUT2D eigenvalue weighted by Gasteiger charge is -2.26. The highest BCUT2D eigenvalue weighted by atomic mass is 16.5. The zero-order valence-corrected chi connectivity index (χ0v) is 11.1. The maximum Gasteiger partial charge on any atom is 0.268 e. The number of carbonyl (C=O) groups is 1. The van der Waals surface area contributed by atoms with Gasteiger partial charge in [-0.3, -0.25) is 4.79 Å². The molecule has 1 saturated heterocycles. The van der Waals surface area contributed by atoms with Gasteiger partial charge in [0, 0.05) is 32.3 Å². The summed E-state index contributed by atoms with van der Waals surface area (Å²) in [4.78, 5) is 12.0. The number of aliphatic hydroxyl groups is 1. The highest BCUT2D eigenvalue weighted by Gasteiger charge is 2.39. The smallest absolute Gasteiger partial charge is 0.268 e. The van der Waals surface area contributed by atoms with Crippen molar-refractivity contribution in [2.75, 3.05) is 13.2 Å². The lowest BCUT2D eigenvalue weighted by molar-refractivity contribution is -0.0252. The first kappa shape index (κ1) is 13.1. The largest absolute Gasteiger partial charge is 0.385 e. The fourth-order valence-electron chi connectivity index (χ4n) is 2.17. The molecule has 5 heteroatoms. The monoisotopic (exact) mass is 252 g/mol. The second kappa shape index (κ2) is 4.74. The van der Waals surface area contributed by atoms with Gasteiger partial charge in [-0.2, -0.15) is 0 Å². The van der Waals surface area contributed by atoms with E-state index in [1.807, 2.05) is 31.5 Å². The lowest BCUT2D eigenvalue weighted by atomic mass is 9.97. The number of rotatable bonds is 3. The number of amides is 1. The number of aromatic nitrogens is 1. The maximum absolute atomic E-state index is 12.0. The molecule has 0 aliphatic carbocycles. The van der Waals surface area contributed by atoms with Crippen molar-refractivity contribution in [1.82, 2.24) is 9.88 Å². The summed E-state index contributed by atoms with van der Waals surface area (Å²) in [6.07, 6.45) is 0.314.